The Bertz CT molecular complexity index is 2480. The number of fused-ring (bicyclic) bond motifs is 2. The van der Waals surface area contributed by atoms with Crippen molar-refractivity contribution in [2.45, 2.75) is 51.1 Å². The molecule has 0 spiro atoms. The van der Waals surface area contributed by atoms with Gasteiger partial charge in [0, 0.05) is 22.4 Å². The Kier molecular flexibility index (Phi) is 12.9. The molecule has 58 heavy (non-hydrogen) atoms. The lowest BCUT2D eigenvalue weighted by atomic mass is 9.87. The van der Waals surface area contributed by atoms with Gasteiger partial charge in [-0.3, -0.25) is 4.99 Å². The Morgan fingerprint density at radius 1 is 0.966 bits per heavy atom. The lowest BCUT2D eigenvalue weighted by molar-refractivity contribution is 0.601. The van der Waals surface area contributed by atoms with Gasteiger partial charge >= 0.3 is 0 Å². The number of nitrogens with zero attached hydrogens (tertiary/aromatic N) is 1. The molecule has 0 amide bonds. The molecule has 0 saturated heterocycles. The monoisotopic (exact) mass is 760 g/mol. The van der Waals surface area contributed by atoms with Gasteiger partial charge in [-0.15, -0.1) is 0 Å². The second kappa shape index (κ2) is 18.9. The van der Waals surface area contributed by atoms with Crippen LogP contribution in [0.4, 0.5) is 0 Å². The van der Waals surface area contributed by atoms with Crippen LogP contribution in [0, 0.1) is 11.3 Å². The third kappa shape index (κ3) is 9.45. The minimum Gasteiger partial charge on any atom is -0.455 e. The molecule has 3 heterocycles. The van der Waals surface area contributed by atoms with E-state index < -0.39 is 0 Å². The van der Waals surface area contributed by atoms with Crippen LogP contribution in [-0.4, -0.2) is 23.5 Å². The summed E-state index contributed by atoms with van der Waals surface area (Å²) in [4.78, 5) is 5.08. The van der Waals surface area contributed by atoms with E-state index in [-0.39, 0.29) is 23.7 Å². The van der Waals surface area contributed by atoms with Crippen molar-refractivity contribution < 1.29 is 4.42 Å². The number of furan rings is 1. The minimum absolute atomic E-state index is 0.0240. The number of dihydropyridines is 2. The van der Waals surface area contributed by atoms with Crippen LogP contribution in [0.2, 0.25) is 0 Å². The average molecular weight is 761 g/mol. The molecule has 2 aromatic rings. The first-order valence-electron chi connectivity index (χ1n) is 20.2. The molecular formula is C53H52N4O. The maximum absolute atomic E-state index is 9.13. The van der Waals surface area contributed by atoms with E-state index in [1.165, 1.54) is 11.1 Å². The summed E-state index contributed by atoms with van der Waals surface area (Å²) in [6.45, 7) is 10.1. The third-order valence-electron chi connectivity index (χ3n) is 10.7. The number of rotatable bonds is 14. The van der Waals surface area contributed by atoms with Gasteiger partial charge < -0.3 is 20.9 Å². The predicted molar refractivity (Wildman–Crippen MR) is 248 cm³/mol. The van der Waals surface area contributed by atoms with Gasteiger partial charge in [-0.1, -0.05) is 159 Å². The van der Waals surface area contributed by atoms with Crippen LogP contribution in [0.1, 0.15) is 55.9 Å². The Balaban J connectivity index is 1.11. The Morgan fingerprint density at radius 2 is 1.86 bits per heavy atom. The minimum atomic E-state index is -0.0968. The molecule has 0 radical (unpaired) electrons. The van der Waals surface area contributed by atoms with Crippen molar-refractivity contribution >= 4 is 40.1 Å². The molecule has 0 saturated carbocycles. The van der Waals surface area contributed by atoms with Crippen molar-refractivity contribution in [1.29, 1.82) is 5.41 Å². The van der Waals surface area contributed by atoms with E-state index in [0.717, 1.165) is 82.5 Å². The summed E-state index contributed by atoms with van der Waals surface area (Å²) >= 11 is 0. The average Bonchev–Trinajstić information content (AvgIpc) is 3.62. The number of hydrogen-bond acceptors (Lipinski definition) is 5. The Labute approximate surface area is 343 Å². The zero-order valence-corrected chi connectivity index (χ0v) is 33.3. The SMILES string of the molecule is C=C/C=C\C=C\C/C=C\C1=C(N)C2=C(C=CC(/C=C/c3c(C(=C)C(=N)/C=C\C4=CC5N=C(C6=CCCC=C6)C=CC5C=C4)oc4ccc(/C=C/C=C\C)cc34)N2)CC1. The molecule has 3 aliphatic carbocycles. The van der Waals surface area contributed by atoms with E-state index >= 15 is 0 Å². The van der Waals surface area contributed by atoms with Crippen LogP contribution >= 0.6 is 0 Å². The summed E-state index contributed by atoms with van der Waals surface area (Å²) < 4.78 is 6.50. The summed E-state index contributed by atoms with van der Waals surface area (Å²) in [5, 5.41) is 13.8. The van der Waals surface area contributed by atoms with E-state index in [1.807, 2.05) is 61.6 Å². The number of nitrogens with two attached hydrogens (primary N) is 1. The number of aliphatic imine (C=N–C) groups is 1. The van der Waals surface area contributed by atoms with Crippen LogP contribution in [0.5, 0.6) is 0 Å². The molecular weight excluding hydrogens is 709 g/mol. The van der Waals surface area contributed by atoms with Crippen molar-refractivity contribution in [3.05, 3.63) is 222 Å². The fraction of sp³-hybridized carbons (Fsp3) is 0.170. The molecule has 4 N–H and O–H groups in total. The first kappa shape index (κ1) is 39.5. The van der Waals surface area contributed by atoms with Gasteiger partial charge in [0.25, 0.3) is 0 Å². The molecule has 7 rings (SSSR count). The second-order valence-electron chi connectivity index (χ2n) is 14.7. The van der Waals surface area contributed by atoms with Crippen LogP contribution in [0.3, 0.4) is 0 Å². The fourth-order valence-corrected chi connectivity index (χ4v) is 7.51. The second-order valence-corrected chi connectivity index (χ2v) is 14.7. The summed E-state index contributed by atoms with van der Waals surface area (Å²) in [5.41, 5.74) is 17.6. The van der Waals surface area contributed by atoms with E-state index in [4.69, 9.17) is 20.6 Å². The van der Waals surface area contributed by atoms with Gasteiger partial charge in [-0.2, -0.15) is 0 Å². The van der Waals surface area contributed by atoms with Crippen LogP contribution in [0.25, 0.3) is 28.7 Å². The highest BCUT2D eigenvalue weighted by molar-refractivity contribution is 6.27. The smallest absolute Gasteiger partial charge is 0.144 e. The van der Waals surface area contributed by atoms with Crippen molar-refractivity contribution in [3.63, 3.8) is 0 Å². The molecule has 2 aliphatic heterocycles. The highest BCUT2D eigenvalue weighted by Gasteiger charge is 2.24. The number of nitrogens with one attached hydrogen (secondary N) is 2. The molecule has 5 nitrogen and oxygen atoms in total. The lowest BCUT2D eigenvalue weighted by Gasteiger charge is -2.28. The zero-order chi connectivity index (χ0) is 40.3. The molecule has 3 unspecified atom stereocenters. The summed E-state index contributed by atoms with van der Waals surface area (Å²) in [6.07, 6.45) is 56.9. The van der Waals surface area contributed by atoms with Gasteiger partial charge in [-0.25, -0.2) is 0 Å². The molecule has 290 valence electrons. The number of benzene rings is 1. The van der Waals surface area contributed by atoms with Crippen LogP contribution in [-0.2, 0) is 0 Å². The Hall–Kier alpha value is -6.72. The standard InChI is InChI=1S/C53H52N4O/c1-4-6-8-9-10-11-14-20-42-25-26-43-27-29-44(56-52(43)51(42)55)30-31-45-46-35-38(17-13-7-5-2)23-34-50(46)58-53(45)37(3)47(54)32-22-39-21-24-41-28-33-48(57-49(41)36-39)40-18-15-12-16-19-40/h4-10,13-15,17-24,27-36,41,44,49,54,56H,1,3,11-12,16,25-26,55H2,2H3/b7-5-,8-6-,10-9+,17-13+,20-14-,31-30+,32-22-,54-47?. The molecule has 3 atom stereocenters. The lowest BCUT2D eigenvalue weighted by Crippen LogP contribution is -2.33. The van der Waals surface area contributed by atoms with E-state index in [2.05, 4.69) is 122 Å². The topological polar surface area (TPSA) is 87.4 Å². The molecule has 1 aromatic heterocycles. The van der Waals surface area contributed by atoms with Gasteiger partial charge in [-0.05, 0) is 91.2 Å². The van der Waals surface area contributed by atoms with Crippen LogP contribution in [0.15, 0.2) is 214 Å². The van der Waals surface area contributed by atoms with E-state index in [0.29, 0.717) is 11.3 Å². The molecule has 0 fully saturated rings. The van der Waals surface area contributed by atoms with E-state index in [9.17, 15) is 0 Å². The quantitative estimate of drug-likeness (QED) is 0.132. The fourth-order valence-electron chi connectivity index (χ4n) is 7.51. The van der Waals surface area contributed by atoms with Gasteiger partial charge in [0.1, 0.15) is 11.3 Å². The van der Waals surface area contributed by atoms with Crippen molar-refractivity contribution in [3.8, 4) is 0 Å². The number of hydrogen-bond donors (Lipinski definition) is 3. The maximum Gasteiger partial charge on any atom is 0.144 e. The van der Waals surface area contributed by atoms with Gasteiger partial charge in [0.15, 0.2) is 0 Å². The normalized spacial score (nSPS) is 22.0. The zero-order valence-electron chi connectivity index (χ0n) is 33.3. The van der Waals surface area contributed by atoms with E-state index in [1.54, 1.807) is 12.2 Å². The van der Waals surface area contributed by atoms with Crippen molar-refractivity contribution in [1.82, 2.24) is 5.32 Å². The number of allylic oxidation sites excluding steroid dienone is 23. The molecule has 5 aliphatic rings. The highest BCUT2D eigenvalue weighted by atomic mass is 16.3. The molecule has 5 heteroatoms. The van der Waals surface area contributed by atoms with Gasteiger partial charge in [0.2, 0.25) is 0 Å². The summed E-state index contributed by atoms with van der Waals surface area (Å²) in [7, 11) is 0. The Morgan fingerprint density at radius 3 is 2.71 bits per heavy atom. The first-order valence-corrected chi connectivity index (χ1v) is 20.2. The largest absolute Gasteiger partial charge is 0.455 e. The summed E-state index contributed by atoms with van der Waals surface area (Å²) in [5.74, 6) is 0.803. The third-order valence-corrected chi connectivity index (χ3v) is 10.7. The maximum atomic E-state index is 9.13. The molecule has 1 aromatic carbocycles. The van der Waals surface area contributed by atoms with Crippen molar-refractivity contribution in [2.24, 2.45) is 16.6 Å². The van der Waals surface area contributed by atoms with Crippen molar-refractivity contribution in [2.75, 3.05) is 0 Å². The predicted octanol–water partition coefficient (Wildman–Crippen LogP) is 12.4. The summed E-state index contributed by atoms with van der Waals surface area (Å²) in [6, 6.07) is 6.09. The van der Waals surface area contributed by atoms with Gasteiger partial charge in [0.05, 0.1) is 34.9 Å². The van der Waals surface area contributed by atoms with Crippen LogP contribution < -0.4 is 11.1 Å². The highest BCUT2D eigenvalue weighted by Crippen LogP contribution is 2.35. The first-order chi connectivity index (χ1) is 28.4. The molecule has 0 bridgehead atoms.